The minimum Gasteiger partial charge on any atom is -0.319 e. The summed E-state index contributed by atoms with van der Waals surface area (Å²) in [6.45, 7) is 2.79. The second-order valence-electron chi connectivity index (χ2n) is 3.12. The highest BCUT2D eigenvalue weighted by Gasteiger charge is 2.09. The Morgan fingerprint density at radius 1 is 1.54 bits per heavy atom. The molecule has 0 aliphatic heterocycles. The molecule has 1 atom stereocenters. The fraction of sp³-hybridized carbons (Fsp3) is 0.400. The molecule has 1 aromatic carbocycles. The molecule has 0 amide bonds. The summed E-state index contributed by atoms with van der Waals surface area (Å²) in [7, 11) is 1.87. The first-order chi connectivity index (χ1) is 6.15. The lowest BCUT2D eigenvalue weighted by Crippen LogP contribution is -2.15. The quantitative estimate of drug-likeness (QED) is 0.864. The maximum absolute atomic E-state index is 13.3. The molecule has 1 unspecified atom stereocenters. The van der Waals surface area contributed by atoms with Crippen LogP contribution >= 0.6 is 15.9 Å². The maximum atomic E-state index is 13.3. The molecule has 0 radical (unpaired) electrons. The van der Waals surface area contributed by atoms with Crippen LogP contribution in [0.3, 0.4) is 0 Å². The van der Waals surface area contributed by atoms with Crippen LogP contribution in [-0.4, -0.2) is 13.6 Å². The summed E-state index contributed by atoms with van der Waals surface area (Å²) < 4.78 is 14.2. The lowest BCUT2D eigenvalue weighted by molar-refractivity contribution is 0.576. The van der Waals surface area contributed by atoms with Gasteiger partial charge >= 0.3 is 0 Å². The smallest absolute Gasteiger partial charge is 0.126 e. The summed E-state index contributed by atoms with van der Waals surface area (Å²) in [6, 6.07) is 5.04. The molecule has 0 bridgehead atoms. The zero-order valence-electron chi connectivity index (χ0n) is 7.77. The summed E-state index contributed by atoms with van der Waals surface area (Å²) in [5, 5.41) is 3.03. The van der Waals surface area contributed by atoms with E-state index in [9.17, 15) is 4.39 Å². The largest absolute Gasteiger partial charge is 0.319 e. The first-order valence-corrected chi connectivity index (χ1v) is 5.04. The zero-order valence-corrected chi connectivity index (χ0v) is 9.36. The van der Waals surface area contributed by atoms with E-state index in [0.29, 0.717) is 0 Å². The fourth-order valence-electron chi connectivity index (χ4n) is 1.31. The van der Waals surface area contributed by atoms with Crippen LogP contribution in [0.5, 0.6) is 0 Å². The molecule has 72 valence electrons. The summed E-state index contributed by atoms with van der Waals surface area (Å²) in [5.41, 5.74) is 0.753. The van der Waals surface area contributed by atoms with Crippen LogP contribution in [0.2, 0.25) is 0 Å². The van der Waals surface area contributed by atoms with Crippen LogP contribution in [0.1, 0.15) is 18.4 Å². The van der Waals surface area contributed by atoms with Crippen LogP contribution < -0.4 is 5.32 Å². The summed E-state index contributed by atoms with van der Waals surface area (Å²) in [4.78, 5) is 0. The summed E-state index contributed by atoms with van der Waals surface area (Å²) in [5.74, 6) is 0.0634. The minimum atomic E-state index is -0.133. The Morgan fingerprint density at radius 2 is 2.23 bits per heavy atom. The van der Waals surface area contributed by atoms with Crippen molar-refractivity contribution in [3.8, 4) is 0 Å². The van der Waals surface area contributed by atoms with E-state index in [0.717, 1.165) is 16.6 Å². The van der Waals surface area contributed by atoms with Gasteiger partial charge in [0.1, 0.15) is 5.82 Å². The highest BCUT2D eigenvalue weighted by molar-refractivity contribution is 9.10. The van der Waals surface area contributed by atoms with E-state index in [-0.39, 0.29) is 11.7 Å². The number of hydrogen-bond acceptors (Lipinski definition) is 1. The lowest BCUT2D eigenvalue weighted by atomic mass is 10.0. The zero-order chi connectivity index (χ0) is 9.84. The van der Waals surface area contributed by atoms with Crippen LogP contribution in [0, 0.1) is 5.82 Å². The number of nitrogens with one attached hydrogen (secondary N) is 1. The molecule has 0 saturated heterocycles. The van der Waals surface area contributed by atoms with Gasteiger partial charge in [-0.25, -0.2) is 4.39 Å². The first kappa shape index (κ1) is 10.7. The highest BCUT2D eigenvalue weighted by Crippen LogP contribution is 2.22. The Kier molecular flexibility index (Phi) is 3.88. The number of likely N-dealkylation sites (N-methyl/N-ethyl adjacent to an activating group) is 1. The Bertz CT molecular complexity index is 288. The molecule has 1 nitrogen and oxygen atoms in total. The highest BCUT2D eigenvalue weighted by atomic mass is 79.9. The lowest BCUT2D eigenvalue weighted by Gasteiger charge is -2.12. The van der Waals surface area contributed by atoms with Crippen LogP contribution in [-0.2, 0) is 0 Å². The molecule has 13 heavy (non-hydrogen) atoms. The molecule has 1 rings (SSSR count). The normalized spacial score (nSPS) is 12.9. The van der Waals surface area contributed by atoms with Gasteiger partial charge < -0.3 is 5.32 Å². The van der Waals surface area contributed by atoms with E-state index < -0.39 is 0 Å². The van der Waals surface area contributed by atoms with E-state index in [1.165, 1.54) is 6.07 Å². The van der Waals surface area contributed by atoms with Crippen molar-refractivity contribution in [1.29, 1.82) is 0 Å². The molecular weight excluding hydrogens is 233 g/mol. The Balaban J connectivity index is 2.91. The van der Waals surface area contributed by atoms with Crippen LogP contribution in [0.25, 0.3) is 0 Å². The Morgan fingerprint density at radius 3 is 2.85 bits per heavy atom. The third kappa shape index (κ3) is 2.78. The van der Waals surface area contributed by atoms with Crippen molar-refractivity contribution in [2.45, 2.75) is 12.8 Å². The predicted octanol–water partition coefficient (Wildman–Crippen LogP) is 2.91. The molecule has 0 aliphatic rings. The molecule has 0 aromatic heterocycles. The Labute approximate surface area is 86.5 Å². The predicted molar refractivity (Wildman–Crippen MR) is 56.4 cm³/mol. The van der Waals surface area contributed by atoms with Crippen LogP contribution in [0.15, 0.2) is 22.7 Å². The first-order valence-electron chi connectivity index (χ1n) is 4.24. The summed E-state index contributed by atoms with van der Waals surface area (Å²) in [6.07, 6.45) is 0. The van der Waals surface area contributed by atoms with E-state index >= 15 is 0 Å². The van der Waals surface area contributed by atoms with Gasteiger partial charge in [-0.1, -0.05) is 22.9 Å². The van der Waals surface area contributed by atoms with Crippen molar-refractivity contribution in [2.75, 3.05) is 13.6 Å². The van der Waals surface area contributed by atoms with Gasteiger partial charge in [0.2, 0.25) is 0 Å². The molecule has 0 aliphatic carbocycles. The second-order valence-corrected chi connectivity index (χ2v) is 4.04. The maximum Gasteiger partial charge on any atom is 0.126 e. The molecule has 0 fully saturated rings. The standard InChI is InChI=1S/C10H13BrFN/c1-7(6-13-2)9-5-8(11)3-4-10(9)12/h3-5,7,13H,6H2,1-2H3. The van der Waals surface area contributed by atoms with Crippen molar-refractivity contribution in [3.63, 3.8) is 0 Å². The van der Waals surface area contributed by atoms with E-state index in [4.69, 9.17) is 0 Å². The van der Waals surface area contributed by atoms with Crippen molar-refractivity contribution >= 4 is 15.9 Å². The topological polar surface area (TPSA) is 12.0 Å². The molecule has 1 aromatic rings. The SMILES string of the molecule is CNCC(C)c1cc(Br)ccc1F. The average Bonchev–Trinajstić information content (AvgIpc) is 2.09. The Hall–Kier alpha value is -0.410. The van der Waals surface area contributed by atoms with E-state index in [2.05, 4.69) is 21.2 Å². The second kappa shape index (κ2) is 4.72. The van der Waals surface area contributed by atoms with Crippen molar-refractivity contribution in [3.05, 3.63) is 34.1 Å². The van der Waals surface area contributed by atoms with Gasteiger partial charge in [0.05, 0.1) is 0 Å². The molecule has 1 N–H and O–H groups in total. The number of rotatable bonds is 3. The molecule has 3 heteroatoms. The summed E-state index contributed by atoms with van der Waals surface area (Å²) >= 11 is 3.33. The number of hydrogen-bond donors (Lipinski definition) is 1. The number of benzene rings is 1. The van der Waals surface area contributed by atoms with E-state index in [1.807, 2.05) is 20.0 Å². The van der Waals surface area contributed by atoms with Gasteiger partial charge in [-0.3, -0.25) is 0 Å². The third-order valence-corrected chi connectivity index (χ3v) is 2.49. The molecular formula is C10H13BrFN. The van der Waals surface area contributed by atoms with E-state index in [1.54, 1.807) is 6.07 Å². The molecule has 0 saturated carbocycles. The minimum absolute atomic E-state index is 0.133. The monoisotopic (exact) mass is 245 g/mol. The molecule has 0 spiro atoms. The van der Waals surface area contributed by atoms with Crippen molar-refractivity contribution in [2.24, 2.45) is 0 Å². The number of halogens is 2. The van der Waals surface area contributed by atoms with Gasteiger partial charge in [0.25, 0.3) is 0 Å². The van der Waals surface area contributed by atoms with Crippen molar-refractivity contribution < 1.29 is 4.39 Å². The third-order valence-electron chi connectivity index (χ3n) is 2.00. The van der Waals surface area contributed by atoms with Crippen molar-refractivity contribution in [1.82, 2.24) is 5.32 Å². The van der Waals surface area contributed by atoms with Gasteiger partial charge in [0.15, 0.2) is 0 Å². The molecule has 0 heterocycles. The fourth-order valence-corrected chi connectivity index (χ4v) is 1.69. The van der Waals surface area contributed by atoms with Crippen LogP contribution in [0.4, 0.5) is 4.39 Å². The van der Waals surface area contributed by atoms with Gasteiger partial charge in [-0.2, -0.15) is 0 Å². The van der Waals surface area contributed by atoms with Gasteiger partial charge in [0, 0.05) is 11.0 Å². The van der Waals surface area contributed by atoms with Gasteiger partial charge in [-0.15, -0.1) is 0 Å². The average molecular weight is 246 g/mol. The van der Waals surface area contributed by atoms with Gasteiger partial charge in [-0.05, 0) is 36.7 Å².